The molecule has 0 bridgehead atoms. The topological polar surface area (TPSA) is 124 Å². The summed E-state index contributed by atoms with van der Waals surface area (Å²) >= 11 is 0. The monoisotopic (exact) mass is 286 g/mol. The third-order valence-corrected chi connectivity index (χ3v) is 2.79. The van der Waals surface area contributed by atoms with Crippen molar-refractivity contribution in [3.05, 3.63) is 36.7 Å². The first-order valence-electron chi connectivity index (χ1n) is 6.19. The molecule has 3 rings (SSSR count). The van der Waals surface area contributed by atoms with Crippen LogP contribution in [0, 0.1) is 0 Å². The van der Waals surface area contributed by atoms with Gasteiger partial charge in [0.1, 0.15) is 5.82 Å². The van der Waals surface area contributed by atoms with Crippen LogP contribution in [0.4, 0.5) is 11.9 Å². The Labute approximate surface area is 120 Å². The van der Waals surface area contributed by atoms with Gasteiger partial charge in [-0.25, -0.2) is 15.5 Å². The van der Waals surface area contributed by atoms with Crippen LogP contribution in [-0.2, 0) is 13.6 Å². The lowest BCUT2D eigenvalue weighted by molar-refractivity contribution is 0.783. The van der Waals surface area contributed by atoms with E-state index >= 15 is 0 Å². The van der Waals surface area contributed by atoms with Crippen LogP contribution in [0.5, 0.6) is 0 Å². The smallest absolute Gasteiger partial charge is 0.257 e. The van der Waals surface area contributed by atoms with E-state index in [2.05, 4.69) is 35.8 Å². The molecular formula is C11H14N10. The van der Waals surface area contributed by atoms with Gasteiger partial charge in [-0.2, -0.15) is 20.1 Å². The fourth-order valence-corrected chi connectivity index (χ4v) is 1.72. The lowest BCUT2D eigenvalue weighted by atomic mass is 10.6. The number of rotatable bonds is 5. The average molecular weight is 286 g/mol. The molecule has 0 saturated carbocycles. The van der Waals surface area contributed by atoms with Gasteiger partial charge in [0.05, 0.1) is 6.54 Å². The quantitative estimate of drug-likeness (QED) is 0.431. The van der Waals surface area contributed by atoms with E-state index in [1.54, 1.807) is 24.7 Å². The number of anilines is 2. The molecule has 0 aliphatic carbocycles. The zero-order valence-electron chi connectivity index (χ0n) is 11.3. The molecule has 0 amide bonds. The molecule has 3 heterocycles. The van der Waals surface area contributed by atoms with Crippen LogP contribution in [0.2, 0.25) is 0 Å². The van der Waals surface area contributed by atoms with Crippen molar-refractivity contribution in [3.63, 3.8) is 0 Å². The van der Waals surface area contributed by atoms with E-state index in [9.17, 15) is 0 Å². The molecule has 10 nitrogen and oxygen atoms in total. The molecule has 21 heavy (non-hydrogen) atoms. The summed E-state index contributed by atoms with van der Waals surface area (Å²) in [6.07, 6.45) is 6.97. The van der Waals surface area contributed by atoms with Crippen molar-refractivity contribution < 1.29 is 0 Å². The second-order valence-corrected chi connectivity index (χ2v) is 4.19. The van der Waals surface area contributed by atoms with Gasteiger partial charge in [0.25, 0.3) is 5.95 Å². The second-order valence-electron chi connectivity index (χ2n) is 4.19. The Kier molecular flexibility index (Phi) is 3.43. The third-order valence-electron chi connectivity index (χ3n) is 2.79. The van der Waals surface area contributed by atoms with Gasteiger partial charge in [0, 0.05) is 31.8 Å². The number of nitrogens with two attached hydrogens (primary N) is 1. The standard InChI is InChI=1S/C11H14N10/c1-20-6-4-13-8(20)7-14-9-16-10(19-12)18-11(17-9)21-5-2-3-15-21/h2-6H,7,12H2,1H3,(H2,14,16,17,18,19). The van der Waals surface area contributed by atoms with E-state index in [0.29, 0.717) is 18.4 Å². The molecule has 4 N–H and O–H groups in total. The van der Waals surface area contributed by atoms with Crippen molar-refractivity contribution in [3.8, 4) is 5.95 Å². The summed E-state index contributed by atoms with van der Waals surface area (Å²) in [4.78, 5) is 16.8. The predicted octanol–water partition coefficient (Wildman–Crippen LogP) is -0.312. The maximum absolute atomic E-state index is 5.38. The van der Waals surface area contributed by atoms with Crippen LogP contribution >= 0.6 is 0 Å². The summed E-state index contributed by atoms with van der Waals surface area (Å²) in [7, 11) is 1.92. The Morgan fingerprint density at radius 1 is 1.14 bits per heavy atom. The Bertz CT molecular complexity index is 716. The highest BCUT2D eigenvalue weighted by atomic mass is 15.4. The van der Waals surface area contributed by atoms with Crippen molar-refractivity contribution in [2.24, 2.45) is 12.9 Å². The Morgan fingerprint density at radius 2 is 2.00 bits per heavy atom. The number of nitrogen functional groups attached to an aromatic ring is 1. The molecule has 0 aromatic carbocycles. The van der Waals surface area contributed by atoms with Crippen LogP contribution in [0.25, 0.3) is 5.95 Å². The highest BCUT2D eigenvalue weighted by Crippen LogP contribution is 2.08. The van der Waals surface area contributed by atoms with Crippen molar-refractivity contribution >= 4 is 11.9 Å². The highest BCUT2D eigenvalue weighted by molar-refractivity contribution is 5.37. The fourth-order valence-electron chi connectivity index (χ4n) is 1.72. The van der Waals surface area contributed by atoms with Crippen LogP contribution in [0.1, 0.15) is 5.82 Å². The van der Waals surface area contributed by atoms with Gasteiger partial charge in [0.2, 0.25) is 11.9 Å². The van der Waals surface area contributed by atoms with Crippen LogP contribution in [-0.4, -0.2) is 34.3 Å². The summed E-state index contributed by atoms with van der Waals surface area (Å²) in [5.74, 6) is 7.23. The van der Waals surface area contributed by atoms with Gasteiger partial charge in [0.15, 0.2) is 0 Å². The normalized spacial score (nSPS) is 10.6. The number of hydrazine groups is 1. The molecule has 0 spiro atoms. The minimum atomic E-state index is 0.248. The van der Waals surface area contributed by atoms with Crippen molar-refractivity contribution in [1.82, 2.24) is 34.3 Å². The van der Waals surface area contributed by atoms with E-state index < -0.39 is 0 Å². The van der Waals surface area contributed by atoms with E-state index in [1.807, 2.05) is 17.8 Å². The molecule has 0 saturated heterocycles. The van der Waals surface area contributed by atoms with Gasteiger partial charge in [-0.3, -0.25) is 5.43 Å². The van der Waals surface area contributed by atoms with E-state index in [1.165, 1.54) is 4.68 Å². The summed E-state index contributed by atoms with van der Waals surface area (Å²) in [6, 6.07) is 1.78. The van der Waals surface area contributed by atoms with Crippen LogP contribution in [0.15, 0.2) is 30.9 Å². The summed E-state index contributed by atoms with van der Waals surface area (Å²) in [5.41, 5.74) is 2.41. The molecule has 0 atom stereocenters. The Balaban J connectivity index is 1.84. The predicted molar refractivity (Wildman–Crippen MR) is 75.3 cm³/mol. The fraction of sp³-hybridized carbons (Fsp3) is 0.182. The molecule has 10 heteroatoms. The SMILES string of the molecule is Cn1ccnc1CNc1nc(NN)nc(-n2cccn2)n1. The van der Waals surface area contributed by atoms with Gasteiger partial charge in [-0.05, 0) is 6.07 Å². The minimum Gasteiger partial charge on any atom is -0.347 e. The van der Waals surface area contributed by atoms with E-state index in [-0.39, 0.29) is 5.95 Å². The van der Waals surface area contributed by atoms with Crippen LogP contribution < -0.4 is 16.6 Å². The Hall–Kier alpha value is -3.01. The molecule has 3 aromatic heterocycles. The Morgan fingerprint density at radius 3 is 2.67 bits per heavy atom. The third kappa shape index (κ3) is 2.79. The van der Waals surface area contributed by atoms with Gasteiger partial charge in [-0.1, -0.05) is 0 Å². The first-order chi connectivity index (χ1) is 10.3. The molecule has 108 valence electrons. The number of nitrogens with zero attached hydrogens (tertiary/aromatic N) is 7. The maximum atomic E-state index is 5.38. The molecule has 3 aromatic rings. The van der Waals surface area contributed by atoms with Gasteiger partial charge >= 0.3 is 0 Å². The van der Waals surface area contributed by atoms with Crippen molar-refractivity contribution in [1.29, 1.82) is 0 Å². The van der Waals surface area contributed by atoms with Gasteiger partial charge < -0.3 is 9.88 Å². The average Bonchev–Trinajstić information content (AvgIpc) is 3.16. The summed E-state index contributed by atoms with van der Waals surface area (Å²) in [6.45, 7) is 0.482. The lowest BCUT2D eigenvalue weighted by Gasteiger charge is -2.08. The number of hydrogen-bond acceptors (Lipinski definition) is 8. The molecular weight excluding hydrogens is 272 g/mol. The van der Waals surface area contributed by atoms with E-state index in [0.717, 1.165) is 5.82 Å². The number of nitrogens with one attached hydrogen (secondary N) is 2. The molecule has 0 aliphatic heterocycles. The first kappa shape index (κ1) is 13.0. The zero-order valence-corrected chi connectivity index (χ0v) is 11.3. The minimum absolute atomic E-state index is 0.248. The van der Waals surface area contributed by atoms with Crippen molar-refractivity contribution in [2.45, 2.75) is 6.54 Å². The number of aryl methyl sites for hydroxylation is 1. The largest absolute Gasteiger partial charge is 0.347 e. The molecule has 0 unspecified atom stereocenters. The zero-order chi connectivity index (χ0) is 14.7. The number of imidazole rings is 1. The maximum Gasteiger partial charge on any atom is 0.257 e. The molecule has 0 radical (unpaired) electrons. The number of hydrogen-bond donors (Lipinski definition) is 3. The van der Waals surface area contributed by atoms with Crippen LogP contribution in [0.3, 0.4) is 0 Å². The summed E-state index contributed by atoms with van der Waals surface area (Å²) in [5, 5.41) is 7.16. The number of aromatic nitrogens is 7. The molecule has 0 fully saturated rings. The van der Waals surface area contributed by atoms with E-state index in [4.69, 9.17) is 5.84 Å². The first-order valence-corrected chi connectivity index (χ1v) is 6.19. The second kappa shape index (κ2) is 5.54. The highest BCUT2D eigenvalue weighted by Gasteiger charge is 2.08. The molecule has 0 aliphatic rings. The van der Waals surface area contributed by atoms with Gasteiger partial charge in [-0.15, -0.1) is 0 Å². The van der Waals surface area contributed by atoms with Crippen molar-refractivity contribution in [2.75, 3.05) is 10.7 Å². The summed E-state index contributed by atoms with van der Waals surface area (Å²) < 4.78 is 3.43. The lowest BCUT2D eigenvalue weighted by Crippen LogP contribution is -2.16.